The lowest BCUT2D eigenvalue weighted by molar-refractivity contribution is 0.0997. The van der Waals surface area contributed by atoms with Crippen molar-refractivity contribution in [3.63, 3.8) is 0 Å². The van der Waals surface area contributed by atoms with Crippen molar-refractivity contribution < 1.29 is 19.1 Å². The maximum Gasteiger partial charge on any atom is 0.356 e. The Labute approximate surface area is 96.3 Å². The molecule has 2 aromatic rings. The summed E-state index contributed by atoms with van der Waals surface area (Å²) in [4.78, 5) is 33.3. The third-order valence-electron chi connectivity index (χ3n) is 2.33. The van der Waals surface area contributed by atoms with E-state index in [4.69, 9.17) is 5.73 Å². The van der Waals surface area contributed by atoms with Gasteiger partial charge in [0.05, 0.1) is 5.30 Å². The van der Waals surface area contributed by atoms with Crippen LogP contribution in [-0.2, 0) is 4.57 Å². The monoisotopic (exact) mass is 252 g/mol. The number of carbonyl (C=O) groups excluding carboxylic acids is 1. The molecule has 1 heterocycles. The Balaban J connectivity index is 2.89. The van der Waals surface area contributed by atoms with Crippen molar-refractivity contribution >= 4 is 29.6 Å². The fourth-order valence-electron chi connectivity index (χ4n) is 1.64. The highest BCUT2D eigenvalue weighted by molar-refractivity contribution is 7.60. The summed E-state index contributed by atoms with van der Waals surface area (Å²) in [7, 11) is -4.39. The Morgan fingerprint density at radius 2 is 1.94 bits per heavy atom. The van der Waals surface area contributed by atoms with Gasteiger partial charge in [-0.25, -0.2) is 0 Å². The first-order valence-corrected chi connectivity index (χ1v) is 6.26. The number of fused-ring (bicyclic) bond motifs is 1. The summed E-state index contributed by atoms with van der Waals surface area (Å²) in [6, 6.07) is 5.75. The molecule has 0 aliphatic heterocycles. The van der Waals surface area contributed by atoms with Gasteiger partial charge in [-0.1, -0.05) is 12.1 Å². The molecule has 1 aromatic carbocycles. The van der Waals surface area contributed by atoms with Gasteiger partial charge in [-0.2, -0.15) is 0 Å². The lowest BCUT2D eigenvalue weighted by Gasteiger charge is -2.09. The van der Waals surface area contributed by atoms with E-state index in [1.54, 1.807) is 6.07 Å². The van der Waals surface area contributed by atoms with E-state index >= 15 is 0 Å². The number of benzene rings is 1. The zero-order chi connectivity index (χ0) is 12.6. The van der Waals surface area contributed by atoms with Crippen LogP contribution in [0.5, 0.6) is 0 Å². The first-order chi connectivity index (χ1) is 7.91. The molecule has 1 amide bonds. The minimum absolute atomic E-state index is 0.00204. The first kappa shape index (κ1) is 11.7. The van der Waals surface area contributed by atoms with Crippen LogP contribution in [0.3, 0.4) is 0 Å². The molecule has 88 valence electrons. The second-order valence-electron chi connectivity index (χ2n) is 3.44. The number of nitrogens with zero attached hydrogens (tertiary/aromatic N) is 1. The molecule has 0 fully saturated rings. The van der Waals surface area contributed by atoms with Gasteiger partial charge in [0.15, 0.2) is 0 Å². The predicted octanol–water partition coefficient (Wildman–Crippen LogP) is 0.137. The zero-order valence-corrected chi connectivity index (χ0v) is 9.46. The van der Waals surface area contributed by atoms with Crippen LogP contribution in [0.4, 0.5) is 0 Å². The van der Waals surface area contributed by atoms with Gasteiger partial charge < -0.3 is 15.5 Å². The van der Waals surface area contributed by atoms with E-state index in [2.05, 4.69) is 4.98 Å². The van der Waals surface area contributed by atoms with Gasteiger partial charge in [0.1, 0.15) is 5.69 Å². The lowest BCUT2D eigenvalue weighted by Crippen LogP contribution is -2.15. The van der Waals surface area contributed by atoms with Crippen molar-refractivity contribution in [3.05, 3.63) is 36.2 Å². The molecule has 1 aromatic heterocycles. The highest BCUT2D eigenvalue weighted by Crippen LogP contribution is 2.36. The van der Waals surface area contributed by atoms with Crippen molar-refractivity contribution in [2.75, 3.05) is 0 Å². The van der Waals surface area contributed by atoms with E-state index in [1.807, 2.05) is 0 Å². The second kappa shape index (κ2) is 3.92. The van der Waals surface area contributed by atoms with Gasteiger partial charge in [0.25, 0.3) is 5.91 Å². The van der Waals surface area contributed by atoms with E-state index in [0.717, 1.165) is 0 Å². The molecule has 7 heteroatoms. The van der Waals surface area contributed by atoms with Crippen LogP contribution in [0.15, 0.2) is 30.5 Å². The molecule has 0 saturated carbocycles. The molecule has 0 spiro atoms. The molecule has 0 aliphatic carbocycles. The van der Waals surface area contributed by atoms with Crippen molar-refractivity contribution in [1.29, 1.82) is 0 Å². The minimum Gasteiger partial charge on any atom is -0.364 e. The SMILES string of the molecule is NC(=O)c1nccc2c(P(=O)(O)O)cccc12. The maximum atomic E-state index is 11.3. The number of hydrogen-bond acceptors (Lipinski definition) is 3. The summed E-state index contributed by atoms with van der Waals surface area (Å²) < 4.78 is 11.3. The number of carbonyl (C=O) groups is 1. The minimum atomic E-state index is -4.39. The lowest BCUT2D eigenvalue weighted by atomic mass is 10.1. The predicted molar refractivity (Wildman–Crippen MR) is 61.9 cm³/mol. The normalized spacial score (nSPS) is 11.6. The van der Waals surface area contributed by atoms with Crippen LogP contribution in [0.2, 0.25) is 0 Å². The van der Waals surface area contributed by atoms with Gasteiger partial charge in [-0.15, -0.1) is 0 Å². The van der Waals surface area contributed by atoms with E-state index < -0.39 is 13.5 Å². The van der Waals surface area contributed by atoms with Crippen molar-refractivity contribution in [3.8, 4) is 0 Å². The summed E-state index contributed by atoms with van der Waals surface area (Å²) in [5.41, 5.74) is 5.14. The average Bonchev–Trinajstić information content (AvgIpc) is 2.26. The van der Waals surface area contributed by atoms with Crippen LogP contribution in [0.1, 0.15) is 10.5 Å². The molecule has 6 nitrogen and oxygen atoms in total. The molecule has 0 unspecified atom stereocenters. The number of rotatable bonds is 2. The van der Waals surface area contributed by atoms with Gasteiger partial charge in [-0.3, -0.25) is 14.3 Å². The fraction of sp³-hybridized carbons (Fsp3) is 0. The quantitative estimate of drug-likeness (QED) is 0.657. The summed E-state index contributed by atoms with van der Waals surface area (Å²) in [5.74, 6) is -0.738. The molecule has 0 radical (unpaired) electrons. The number of pyridine rings is 1. The smallest absolute Gasteiger partial charge is 0.356 e. The molecular formula is C10H9N2O4P. The van der Waals surface area contributed by atoms with Crippen LogP contribution < -0.4 is 11.0 Å². The van der Waals surface area contributed by atoms with Crippen molar-refractivity contribution in [2.24, 2.45) is 5.73 Å². The van der Waals surface area contributed by atoms with E-state index in [0.29, 0.717) is 5.39 Å². The first-order valence-electron chi connectivity index (χ1n) is 4.65. The maximum absolute atomic E-state index is 11.3. The van der Waals surface area contributed by atoms with Gasteiger partial charge >= 0.3 is 7.60 Å². The van der Waals surface area contributed by atoms with Crippen LogP contribution in [-0.4, -0.2) is 20.7 Å². The van der Waals surface area contributed by atoms with Crippen LogP contribution >= 0.6 is 7.60 Å². The summed E-state index contributed by atoms with van der Waals surface area (Å²) in [5, 5.41) is 0.477. The largest absolute Gasteiger partial charge is 0.364 e. The Kier molecular flexibility index (Phi) is 2.71. The summed E-state index contributed by atoms with van der Waals surface area (Å²) in [6.07, 6.45) is 1.29. The number of primary amides is 1. The molecule has 17 heavy (non-hydrogen) atoms. The van der Waals surface area contributed by atoms with E-state index in [9.17, 15) is 19.1 Å². The molecule has 0 atom stereocenters. The van der Waals surface area contributed by atoms with Crippen LogP contribution in [0, 0.1) is 0 Å². The highest BCUT2D eigenvalue weighted by atomic mass is 31.2. The second-order valence-corrected chi connectivity index (χ2v) is 5.01. The number of hydrogen-bond donors (Lipinski definition) is 3. The van der Waals surface area contributed by atoms with E-state index in [1.165, 1.54) is 24.4 Å². The third kappa shape index (κ3) is 2.06. The molecule has 0 saturated heterocycles. The number of aromatic nitrogens is 1. The van der Waals surface area contributed by atoms with Gasteiger partial charge in [0.2, 0.25) is 0 Å². The number of amides is 1. The number of nitrogens with two attached hydrogens (primary N) is 1. The summed E-state index contributed by atoms with van der Waals surface area (Å²) in [6.45, 7) is 0. The fourth-order valence-corrected chi connectivity index (χ4v) is 2.43. The Morgan fingerprint density at radius 3 is 2.53 bits per heavy atom. The molecule has 0 bridgehead atoms. The van der Waals surface area contributed by atoms with Gasteiger partial charge in [0, 0.05) is 17.0 Å². The van der Waals surface area contributed by atoms with E-state index in [-0.39, 0.29) is 16.4 Å². The third-order valence-corrected chi connectivity index (χ3v) is 3.35. The molecule has 4 N–H and O–H groups in total. The zero-order valence-electron chi connectivity index (χ0n) is 8.57. The topological polar surface area (TPSA) is 114 Å². The highest BCUT2D eigenvalue weighted by Gasteiger charge is 2.21. The Morgan fingerprint density at radius 1 is 1.24 bits per heavy atom. The van der Waals surface area contributed by atoms with Crippen LogP contribution in [0.25, 0.3) is 10.8 Å². The Bertz CT molecular complexity index is 650. The molecular weight excluding hydrogens is 243 g/mol. The van der Waals surface area contributed by atoms with Crippen molar-refractivity contribution in [1.82, 2.24) is 4.98 Å². The standard InChI is InChI=1S/C10H9N2O4P/c11-10(13)9-7-2-1-3-8(17(14,15)16)6(7)4-5-12-9/h1-5H,(H2,11,13)(H2,14,15,16). The average molecular weight is 252 g/mol. The Hall–Kier alpha value is -1.75. The van der Waals surface area contributed by atoms with Gasteiger partial charge in [-0.05, 0) is 12.1 Å². The summed E-state index contributed by atoms with van der Waals surface area (Å²) >= 11 is 0. The van der Waals surface area contributed by atoms with Crippen molar-refractivity contribution in [2.45, 2.75) is 0 Å². The molecule has 0 aliphatic rings. The molecule has 2 rings (SSSR count).